The highest BCUT2D eigenvalue weighted by molar-refractivity contribution is 7.22. The summed E-state index contributed by atoms with van der Waals surface area (Å²) in [5.41, 5.74) is 7.28. The SMILES string of the molecule is CCNC1(Nc2nc3cc(C4=C=CC=C(C(C)(C)O)N=C4)cc(-c4ccccn4)c3s2)CO1. The number of allylic oxidation sites excluding steroid dienone is 2. The molecule has 1 aromatic carbocycles. The maximum atomic E-state index is 10.3. The Labute approximate surface area is 196 Å². The number of epoxide rings is 1. The van der Waals surface area contributed by atoms with Crippen LogP contribution in [0.1, 0.15) is 26.3 Å². The molecule has 3 aromatic rings. The minimum absolute atomic E-state index is 0.533. The third-order valence-electron chi connectivity index (χ3n) is 5.39. The van der Waals surface area contributed by atoms with Gasteiger partial charge in [-0.25, -0.2) is 4.98 Å². The molecule has 1 fully saturated rings. The van der Waals surface area contributed by atoms with Gasteiger partial charge >= 0.3 is 0 Å². The predicted octanol–water partition coefficient (Wildman–Crippen LogP) is 4.34. The first-order chi connectivity index (χ1) is 15.9. The van der Waals surface area contributed by atoms with E-state index >= 15 is 0 Å². The number of anilines is 1. The van der Waals surface area contributed by atoms with Crippen LogP contribution in [0, 0.1) is 0 Å². The molecule has 0 saturated carbocycles. The molecule has 7 nitrogen and oxygen atoms in total. The Morgan fingerprint density at radius 2 is 2.15 bits per heavy atom. The van der Waals surface area contributed by atoms with Crippen LogP contribution in [0.2, 0.25) is 0 Å². The average molecular weight is 460 g/mol. The Bertz CT molecular complexity index is 1320. The van der Waals surface area contributed by atoms with Gasteiger partial charge in [0.2, 0.25) is 5.85 Å². The fourth-order valence-electron chi connectivity index (χ4n) is 3.65. The van der Waals surface area contributed by atoms with Crippen molar-refractivity contribution in [2.45, 2.75) is 32.2 Å². The van der Waals surface area contributed by atoms with Crippen LogP contribution >= 0.6 is 11.3 Å². The fraction of sp³-hybridized carbons (Fsp3) is 0.280. The van der Waals surface area contributed by atoms with Gasteiger partial charge in [-0.15, -0.1) is 5.73 Å². The van der Waals surface area contributed by atoms with Gasteiger partial charge in [0.05, 0.1) is 21.6 Å². The lowest BCUT2D eigenvalue weighted by atomic mass is 10.0. The summed E-state index contributed by atoms with van der Waals surface area (Å²) in [5, 5.41) is 17.8. The van der Waals surface area contributed by atoms with Crippen LogP contribution in [0.4, 0.5) is 5.13 Å². The zero-order valence-electron chi connectivity index (χ0n) is 18.7. The summed E-state index contributed by atoms with van der Waals surface area (Å²) in [6.45, 7) is 6.87. The number of nitrogens with zero attached hydrogens (tertiary/aromatic N) is 3. The lowest BCUT2D eigenvalue weighted by molar-refractivity contribution is 0.118. The van der Waals surface area contributed by atoms with Crippen LogP contribution < -0.4 is 10.6 Å². The quantitative estimate of drug-likeness (QED) is 0.276. The number of aromatic nitrogens is 2. The molecule has 0 radical (unpaired) electrons. The van der Waals surface area contributed by atoms with Crippen molar-refractivity contribution in [3.63, 3.8) is 0 Å². The summed E-state index contributed by atoms with van der Waals surface area (Å²) >= 11 is 1.58. The normalized spacial score (nSPS) is 19.9. The highest BCUT2D eigenvalue weighted by atomic mass is 32.1. The molecule has 2 aliphatic heterocycles. The number of nitrogens with one attached hydrogen (secondary N) is 2. The van der Waals surface area contributed by atoms with Crippen molar-refractivity contribution in [3.8, 4) is 11.3 Å². The molecule has 33 heavy (non-hydrogen) atoms. The third-order valence-corrected chi connectivity index (χ3v) is 6.41. The van der Waals surface area contributed by atoms with Crippen LogP contribution in [-0.4, -0.2) is 45.9 Å². The predicted molar refractivity (Wildman–Crippen MR) is 133 cm³/mol. The molecule has 0 bridgehead atoms. The number of aliphatic imine (C=N–C) groups is 1. The topological polar surface area (TPSA) is 95.0 Å². The molecule has 0 aliphatic carbocycles. The van der Waals surface area contributed by atoms with E-state index in [1.54, 1.807) is 49.7 Å². The van der Waals surface area contributed by atoms with E-state index < -0.39 is 11.4 Å². The average Bonchev–Trinajstić information content (AvgIpc) is 3.49. The second kappa shape index (κ2) is 8.33. The second-order valence-electron chi connectivity index (χ2n) is 8.47. The number of hydrogen-bond donors (Lipinski definition) is 3. The van der Waals surface area contributed by atoms with Crippen LogP contribution in [0.3, 0.4) is 0 Å². The summed E-state index contributed by atoms with van der Waals surface area (Å²) in [7, 11) is 0. The number of thiazole rings is 1. The van der Waals surface area contributed by atoms with E-state index in [9.17, 15) is 5.11 Å². The zero-order chi connectivity index (χ0) is 23.1. The molecule has 0 spiro atoms. The van der Waals surface area contributed by atoms with E-state index in [1.807, 2.05) is 31.2 Å². The first kappa shape index (κ1) is 21.7. The molecule has 1 atom stereocenters. The van der Waals surface area contributed by atoms with E-state index in [4.69, 9.17) is 9.72 Å². The van der Waals surface area contributed by atoms with Crippen molar-refractivity contribution in [2.75, 3.05) is 18.5 Å². The number of hydrogen-bond acceptors (Lipinski definition) is 8. The monoisotopic (exact) mass is 459 g/mol. The smallest absolute Gasteiger partial charge is 0.222 e. The largest absolute Gasteiger partial charge is 0.384 e. The number of likely N-dealkylation sites (N-methyl/N-ethyl adjacent to an activating group) is 1. The molecule has 5 rings (SSSR count). The lowest BCUT2D eigenvalue weighted by Gasteiger charge is -2.16. The van der Waals surface area contributed by atoms with E-state index in [0.717, 1.165) is 44.3 Å². The minimum atomic E-state index is -1.03. The van der Waals surface area contributed by atoms with Crippen LogP contribution in [0.5, 0.6) is 0 Å². The maximum Gasteiger partial charge on any atom is 0.222 e. The van der Waals surface area contributed by atoms with Gasteiger partial charge in [-0.3, -0.25) is 15.3 Å². The van der Waals surface area contributed by atoms with Gasteiger partial charge in [0.25, 0.3) is 0 Å². The van der Waals surface area contributed by atoms with Gasteiger partial charge in [-0.1, -0.05) is 24.3 Å². The first-order valence-corrected chi connectivity index (χ1v) is 11.7. The summed E-state index contributed by atoms with van der Waals surface area (Å²) < 4.78 is 6.63. The second-order valence-corrected chi connectivity index (χ2v) is 9.47. The number of fused-ring (bicyclic) bond motifs is 1. The van der Waals surface area contributed by atoms with E-state index in [2.05, 4.69) is 32.4 Å². The van der Waals surface area contributed by atoms with Gasteiger partial charge in [0, 0.05) is 23.5 Å². The van der Waals surface area contributed by atoms with Gasteiger partial charge in [-0.05, 0) is 62.4 Å². The standard InChI is InChI=1S/C25H25N5O2S/c1-4-28-25(15-32-25)30-23-29-20-13-17(16-8-7-10-21(27-14-16)24(2,3)31)12-18(22(20)33-23)19-9-5-6-11-26-19/h5-7,9-14,28,31H,4,15H2,1-3H3,(H,29,30). The van der Waals surface area contributed by atoms with Crippen molar-refractivity contribution in [1.29, 1.82) is 0 Å². The van der Waals surface area contributed by atoms with Crippen LogP contribution in [0.25, 0.3) is 27.0 Å². The highest BCUT2D eigenvalue weighted by Crippen LogP contribution is 2.38. The number of aliphatic hydroxyl groups is 1. The summed E-state index contributed by atoms with van der Waals surface area (Å²) in [5.74, 6) is -0.533. The molecule has 1 saturated heterocycles. The summed E-state index contributed by atoms with van der Waals surface area (Å²) in [6, 6.07) is 10.0. The number of rotatable bonds is 7. The molecule has 2 aromatic heterocycles. The summed E-state index contributed by atoms with van der Waals surface area (Å²) in [6.07, 6.45) is 7.10. The molecular formula is C25H25N5O2S. The summed E-state index contributed by atoms with van der Waals surface area (Å²) in [4.78, 5) is 13.9. The van der Waals surface area contributed by atoms with E-state index in [-0.39, 0.29) is 0 Å². The fourth-order valence-corrected chi connectivity index (χ4v) is 4.68. The molecule has 8 heteroatoms. The molecule has 168 valence electrons. The molecule has 0 amide bonds. The Morgan fingerprint density at radius 3 is 2.85 bits per heavy atom. The number of benzene rings is 1. The number of pyridine rings is 1. The third kappa shape index (κ3) is 4.53. The molecule has 2 aliphatic rings. The maximum absolute atomic E-state index is 10.3. The Balaban J connectivity index is 1.59. The first-order valence-electron chi connectivity index (χ1n) is 10.8. The van der Waals surface area contributed by atoms with Crippen molar-refractivity contribution in [1.82, 2.24) is 15.3 Å². The lowest BCUT2D eigenvalue weighted by Crippen LogP contribution is -2.40. The Kier molecular flexibility index (Phi) is 5.48. The van der Waals surface area contributed by atoms with Crippen molar-refractivity contribution < 1.29 is 9.84 Å². The zero-order valence-corrected chi connectivity index (χ0v) is 19.5. The minimum Gasteiger partial charge on any atom is -0.384 e. The molecular weight excluding hydrogens is 434 g/mol. The molecule has 3 N–H and O–H groups in total. The van der Waals surface area contributed by atoms with E-state index in [1.165, 1.54) is 0 Å². The van der Waals surface area contributed by atoms with Crippen LogP contribution in [0.15, 0.2) is 65.1 Å². The van der Waals surface area contributed by atoms with Gasteiger partial charge in [0.1, 0.15) is 12.2 Å². The van der Waals surface area contributed by atoms with E-state index in [0.29, 0.717) is 12.3 Å². The molecule has 4 heterocycles. The highest BCUT2D eigenvalue weighted by Gasteiger charge is 2.45. The van der Waals surface area contributed by atoms with Gasteiger partial charge in [0.15, 0.2) is 5.13 Å². The molecule has 1 unspecified atom stereocenters. The van der Waals surface area contributed by atoms with Crippen molar-refractivity contribution >= 4 is 38.5 Å². The van der Waals surface area contributed by atoms with Crippen LogP contribution in [-0.2, 0) is 4.74 Å². The van der Waals surface area contributed by atoms with Crippen molar-refractivity contribution in [3.05, 3.63) is 65.7 Å². The Hall–Kier alpha value is -3.13. The van der Waals surface area contributed by atoms with Crippen molar-refractivity contribution in [2.24, 2.45) is 4.99 Å². The Morgan fingerprint density at radius 1 is 1.30 bits per heavy atom. The van der Waals surface area contributed by atoms with Gasteiger partial charge < -0.3 is 15.2 Å². The van der Waals surface area contributed by atoms with Gasteiger partial charge in [-0.2, -0.15) is 0 Å². The number of ether oxygens (including phenoxy) is 1.